The lowest BCUT2D eigenvalue weighted by Gasteiger charge is -2.04. The molecule has 0 atom stereocenters. The molecule has 2 heterocycles. The van der Waals surface area contributed by atoms with Crippen LogP contribution in [0.3, 0.4) is 0 Å². The van der Waals surface area contributed by atoms with Crippen LogP contribution in [0.4, 0.5) is 0 Å². The Bertz CT molecular complexity index is 480. The fourth-order valence-corrected chi connectivity index (χ4v) is 1.80. The van der Waals surface area contributed by atoms with Crippen molar-refractivity contribution in [1.82, 2.24) is 19.5 Å². The Hall–Kier alpha value is -1.65. The van der Waals surface area contributed by atoms with Gasteiger partial charge in [-0.25, -0.2) is 9.97 Å². The molecule has 17 heavy (non-hydrogen) atoms. The number of nitrogens with zero attached hydrogens (tertiary/aromatic N) is 4. The third kappa shape index (κ3) is 2.54. The minimum absolute atomic E-state index is 0.576. The Morgan fingerprint density at radius 1 is 1.18 bits per heavy atom. The Morgan fingerprint density at radius 3 is 2.82 bits per heavy atom. The van der Waals surface area contributed by atoms with Crippen LogP contribution in [0.15, 0.2) is 12.7 Å². The van der Waals surface area contributed by atoms with Gasteiger partial charge in [0.05, 0.1) is 12.9 Å². The topological polar surface area (TPSA) is 52.8 Å². The molecule has 0 radical (unpaired) electrons. The van der Waals surface area contributed by atoms with Crippen LogP contribution in [0.1, 0.15) is 33.1 Å². The number of aromatic nitrogens is 4. The second kappa shape index (κ2) is 5.61. The van der Waals surface area contributed by atoms with Crippen molar-refractivity contribution in [2.24, 2.45) is 0 Å². The molecular weight excluding hydrogens is 216 g/mol. The molecule has 2 aromatic heterocycles. The highest BCUT2D eigenvalue weighted by atomic mass is 16.5. The number of ether oxygens (including phenoxy) is 1. The van der Waals surface area contributed by atoms with E-state index in [0.29, 0.717) is 12.5 Å². The highest BCUT2D eigenvalue weighted by Crippen LogP contribution is 2.19. The third-order valence-corrected chi connectivity index (χ3v) is 2.65. The van der Waals surface area contributed by atoms with Crippen molar-refractivity contribution < 1.29 is 4.74 Å². The average Bonchev–Trinajstić information content (AvgIpc) is 2.75. The zero-order valence-corrected chi connectivity index (χ0v) is 10.4. The summed E-state index contributed by atoms with van der Waals surface area (Å²) in [5, 5.41) is 0. The van der Waals surface area contributed by atoms with Gasteiger partial charge >= 0.3 is 0 Å². The highest BCUT2D eigenvalue weighted by molar-refractivity contribution is 5.75. The largest absolute Gasteiger partial charge is 0.476 e. The van der Waals surface area contributed by atoms with Gasteiger partial charge in [-0.1, -0.05) is 19.8 Å². The summed E-state index contributed by atoms with van der Waals surface area (Å²) in [4.78, 5) is 12.7. The van der Waals surface area contributed by atoms with E-state index in [2.05, 4.69) is 26.4 Å². The zero-order valence-electron chi connectivity index (χ0n) is 10.4. The third-order valence-electron chi connectivity index (χ3n) is 2.65. The van der Waals surface area contributed by atoms with Gasteiger partial charge in [-0.05, 0) is 13.3 Å². The maximum Gasteiger partial charge on any atom is 0.245 e. The first-order chi connectivity index (χ1) is 8.36. The van der Waals surface area contributed by atoms with Gasteiger partial charge in [0, 0.05) is 6.54 Å². The van der Waals surface area contributed by atoms with E-state index >= 15 is 0 Å². The SMILES string of the molecule is CCCCCn1cnc2c(OCC)ncnc21. The summed E-state index contributed by atoms with van der Waals surface area (Å²) in [5.74, 6) is 0.576. The van der Waals surface area contributed by atoms with E-state index in [0.717, 1.165) is 24.1 Å². The lowest BCUT2D eigenvalue weighted by atomic mass is 10.2. The summed E-state index contributed by atoms with van der Waals surface area (Å²) in [6.45, 7) is 5.68. The second-order valence-electron chi connectivity index (χ2n) is 3.93. The van der Waals surface area contributed by atoms with Crippen molar-refractivity contribution in [3.63, 3.8) is 0 Å². The number of aryl methyl sites for hydroxylation is 1. The molecule has 0 aliphatic carbocycles. The van der Waals surface area contributed by atoms with E-state index in [-0.39, 0.29) is 0 Å². The minimum Gasteiger partial charge on any atom is -0.476 e. The second-order valence-corrected chi connectivity index (χ2v) is 3.93. The van der Waals surface area contributed by atoms with Gasteiger partial charge in [-0.15, -0.1) is 0 Å². The molecule has 0 saturated carbocycles. The predicted octanol–water partition coefficient (Wildman–Crippen LogP) is 2.42. The van der Waals surface area contributed by atoms with Gasteiger partial charge in [-0.3, -0.25) is 0 Å². The summed E-state index contributed by atoms with van der Waals surface area (Å²) in [6, 6.07) is 0. The van der Waals surface area contributed by atoms with Crippen molar-refractivity contribution in [3.8, 4) is 5.88 Å². The van der Waals surface area contributed by atoms with E-state index in [1.807, 2.05) is 13.3 Å². The maximum absolute atomic E-state index is 5.43. The first-order valence-electron chi connectivity index (χ1n) is 6.15. The van der Waals surface area contributed by atoms with Crippen LogP contribution in [0.25, 0.3) is 11.2 Å². The summed E-state index contributed by atoms with van der Waals surface area (Å²) < 4.78 is 7.50. The number of unbranched alkanes of at least 4 members (excludes halogenated alkanes) is 2. The van der Waals surface area contributed by atoms with Crippen molar-refractivity contribution in [1.29, 1.82) is 0 Å². The molecule has 0 unspecified atom stereocenters. The molecule has 0 fully saturated rings. The van der Waals surface area contributed by atoms with E-state index in [9.17, 15) is 0 Å². The predicted molar refractivity (Wildman–Crippen MR) is 66.0 cm³/mol. The van der Waals surface area contributed by atoms with Crippen molar-refractivity contribution in [2.75, 3.05) is 6.61 Å². The first-order valence-corrected chi connectivity index (χ1v) is 6.15. The zero-order chi connectivity index (χ0) is 12.1. The van der Waals surface area contributed by atoms with Crippen LogP contribution < -0.4 is 4.74 Å². The van der Waals surface area contributed by atoms with Gasteiger partial charge in [0.25, 0.3) is 0 Å². The Morgan fingerprint density at radius 2 is 2.06 bits per heavy atom. The molecule has 5 nitrogen and oxygen atoms in total. The van der Waals surface area contributed by atoms with Crippen LogP contribution in [0.2, 0.25) is 0 Å². The van der Waals surface area contributed by atoms with E-state index in [1.54, 1.807) is 0 Å². The average molecular weight is 234 g/mol. The fourth-order valence-electron chi connectivity index (χ4n) is 1.80. The molecule has 0 amide bonds. The molecule has 0 bridgehead atoms. The lowest BCUT2D eigenvalue weighted by molar-refractivity contribution is 0.330. The van der Waals surface area contributed by atoms with E-state index < -0.39 is 0 Å². The highest BCUT2D eigenvalue weighted by Gasteiger charge is 2.10. The Labute approximate surface area is 101 Å². The van der Waals surface area contributed by atoms with Gasteiger partial charge < -0.3 is 9.30 Å². The lowest BCUT2D eigenvalue weighted by Crippen LogP contribution is -1.99. The molecule has 0 aliphatic rings. The Kier molecular flexibility index (Phi) is 3.90. The summed E-state index contributed by atoms with van der Waals surface area (Å²) in [7, 11) is 0. The molecule has 92 valence electrons. The molecule has 2 rings (SSSR count). The molecular formula is C12H18N4O. The van der Waals surface area contributed by atoms with Crippen LogP contribution in [-0.4, -0.2) is 26.1 Å². The van der Waals surface area contributed by atoms with Crippen LogP contribution in [0, 0.1) is 0 Å². The normalized spacial score (nSPS) is 10.9. The molecule has 5 heteroatoms. The van der Waals surface area contributed by atoms with Crippen LogP contribution in [0.5, 0.6) is 5.88 Å². The molecule has 0 N–H and O–H groups in total. The molecule has 2 aromatic rings. The summed E-state index contributed by atoms with van der Waals surface area (Å²) in [5.41, 5.74) is 1.62. The number of hydrogen-bond donors (Lipinski definition) is 0. The number of fused-ring (bicyclic) bond motifs is 1. The fraction of sp³-hybridized carbons (Fsp3) is 0.583. The summed E-state index contributed by atoms with van der Waals surface area (Å²) in [6.07, 6.45) is 6.94. The number of rotatable bonds is 6. The summed E-state index contributed by atoms with van der Waals surface area (Å²) >= 11 is 0. The molecule has 0 spiro atoms. The van der Waals surface area contributed by atoms with Gasteiger partial charge in [-0.2, -0.15) is 4.98 Å². The Balaban J connectivity index is 2.24. The van der Waals surface area contributed by atoms with Gasteiger partial charge in [0.2, 0.25) is 5.88 Å². The quantitative estimate of drug-likeness (QED) is 0.720. The van der Waals surface area contributed by atoms with Crippen molar-refractivity contribution in [3.05, 3.63) is 12.7 Å². The van der Waals surface area contributed by atoms with Crippen LogP contribution >= 0.6 is 0 Å². The van der Waals surface area contributed by atoms with Crippen molar-refractivity contribution >= 4 is 11.2 Å². The van der Waals surface area contributed by atoms with Gasteiger partial charge in [0.1, 0.15) is 6.33 Å². The molecule has 0 aliphatic heterocycles. The first kappa shape index (κ1) is 11.8. The maximum atomic E-state index is 5.43. The monoisotopic (exact) mass is 234 g/mol. The number of hydrogen-bond acceptors (Lipinski definition) is 4. The standard InChI is InChI=1S/C12H18N4O/c1-3-5-6-7-16-9-15-10-11(16)13-8-14-12(10)17-4-2/h8-9H,3-7H2,1-2H3. The smallest absolute Gasteiger partial charge is 0.245 e. The van der Waals surface area contributed by atoms with Crippen molar-refractivity contribution in [2.45, 2.75) is 39.7 Å². The molecule has 0 aromatic carbocycles. The molecule has 0 saturated heterocycles. The van der Waals surface area contributed by atoms with E-state index in [4.69, 9.17) is 4.74 Å². The number of imidazole rings is 1. The van der Waals surface area contributed by atoms with Gasteiger partial charge in [0.15, 0.2) is 11.2 Å². The minimum atomic E-state index is 0.576. The van der Waals surface area contributed by atoms with Crippen LogP contribution in [-0.2, 0) is 6.54 Å². The van der Waals surface area contributed by atoms with E-state index in [1.165, 1.54) is 19.2 Å².